The zero-order chi connectivity index (χ0) is 26.1. The van der Waals surface area contributed by atoms with Gasteiger partial charge in [0.1, 0.15) is 29.4 Å². The van der Waals surface area contributed by atoms with Gasteiger partial charge in [-0.25, -0.2) is 19.3 Å². The highest BCUT2D eigenvalue weighted by molar-refractivity contribution is 6.08. The van der Waals surface area contributed by atoms with Crippen LogP contribution >= 0.6 is 0 Å². The number of rotatable bonds is 6. The molecule has 0 unspecified atom stereocenters. The largest absolute Gasteiger partial charge is 0.439 e. The molecule has 5 aromatic rings. The molecule has 8 nitrogen and oxygen atoms in total. The Bertz CT molecular complexity index is 1640. The molecule has 5 rings (SSSR count). The summed E-state index contributed by atoms with van der Waals surface area (Å²) in [5.41, 5.74) is 11.3. The van der Waals surface area contributed by atoms with E-state index < -0.39 is 5.82 Å². The molecule has 0 aliphatic heterocycles. The molecule has 3 N–H and O–H groups in total. The Kier molecular flexibility index (Phi) is 6.10. The summed E-state index contributed by atoms with van der Waals surface area (Å²) >= 11 is 0. The van der Waals surface area contributed by atoms with Crippen LogP contribution in [0.3, 0.4) is 0 Å². The van der Waals surface area contributed by atoms with Gasteiger partial charge in [0.25, 0.3) is 5.91 Å². The third kappa shape index (κ3) is 4.62. The number of anilines is 2. The molecule has 0 atom stereocenters. The summed E-state index contributed by atoms with van der Waals surface area (Å²) in [6.07, 6.45) is 3.09. The summed E-state index contributed by atoms with van der Waals surface area (Å²) < 4.78 is 21.2. The number of nitrogens with one attached hydrogen (secondary N) is 1. The lowest BCUT2D eigenvalue weighted by Gasteiger charge is -2.11. The minimum Gasteiger partial charge on any atom is -0.439 e. The van der Waals surface area contributed by atoms with Crippen molar-refractivity contribution in [1.82, 2.24) is 19.5 Å². The van der Waals surface area contributed by atoms with Crippen LogP contribution in [-0.2, 0) is 11.8 Å². The van der Waals surface area contributed by atoms with Gasteiger partial charge < -0.3 is 20.4 Å². The van der Waals surface area contributed by atoms with E-state index in [9.17, 15) is 9.18 Å². The summed E-state index contributed by atoms with van der Waals surface area (Å²) in [5, 5.41) is 3.51. The predicted octanol–water partition coefficient (Wildman–Crippen LogP) is 5.73. The van der Waals surface area contributed by atoms with Crippen molar-refractivity contribution < 1.29 is 13.9 Å². The molecule has 0 aliphatic carbocycles. The summed E-state index contributed by atoms with van der Waals surface area (Å²) in [6.45, 7) is 5.32. The van der Waals surface area contributed by atoms with Gasteiger partial charge in [-0.3, -0.25) is 4.79 Å². The number of carbonyl (C=O) groups is 1. The third-order valence-corrected chi connectivity index (χ3v) is 5.84. The Balaban J connectivity index is 1.58. The number of aromatic nitrogens is 4. The summed E-state index contributed by atoms with van der Waals surface area (Å²) in [6, 6.07) is 16.9. The number of nitrogens with two attached hydrogens (primary N) is 1. The minimum atomic E-state index is -0.393. The van der Waals surface area contributed by atoms with E-state index in [1.165, 1.54) is 18.5 Å². The first-order chi connectivity index (χ1) is 17.8. The SMILES string of the molecule is C=C(C)C(=O)Nc1ccc(-c2c(-c3ccc(Oc4cccc(F)c4)nc3)c3c(N)ncnc3n2C)cc1. The quantitative estimate of drug-likeness (QED) is 0.292. The van der Waals surface area contributed by atoms with Crippen molar-refractivity contribution in [2.24, 2.45) is 7.05 Å². The van der Waals surface area contributed by atoms with Gasteiger partial charge in [0.15, 0.2) is 0 Å². The molecule has 2 aromatic carbocycles. The molecule has 0 bridgehead atoms. The number of ether oxygens (including phenoxy) is 1. The maximum atomic E-state index is 13.5. The van der Waals surface area contributed by atoms with E-state index in [2.05, 4.69) is 26.8 Å². The Morgan fingerprint density at radius 3 is 2.49 bits per heavy atom. The first-order valence-electron chi connectivity index (χ1n) is 11.4. The molecule has 0 aliphatic rings. The van der Waals surface area contributed by atoms with Gasteiger partial charge in [-0.15, -0.1) is 0 Å². The number of benzene rings is 2. The molecule has 0 saturated heterocycles. The van der Waals surface area contributed by atoms with Crippen molar-refractivity contribution >= 4 is 28.4 Å². The van der Waals surface area contributed by atoms with Crippen LogP contribution in [0.15, 0.2) is 85.3 Å². The lowest BCUT2D eigenvalue weighted by Crippen LogP contribution is -2.11. The molecule has 3 aromatic heterocycles. The second-order valence-corrected chi connectivity index (χ2v) is 8.50. The Hall–Kier alpha value is -5.05. The molecular formula is C28H23FN6O2. The fourth-order valence-corrected chi connectivity index (χ4v) is 4.08. The lowest BCUT2D eigenvalue weighted by atomic mass is 10.00. The topological polar surface area (TPSA) is 108 Å². The van der Waals surface area contributed by atoms with Gasteiger partial charge in [-0.05, 0) is 42.8 Å². The molecule has 37 heavy (non-hydrogen) atoms. The van der Waals surface area contributed by atoms with Crippen molar-refractivity contribution in [3.05, 3.63) is 91.2 Å². The molecule has 9 heteroatoms. The second-order valence-electron chi connectivity index (χ2n) is 8.50. The van der Waals surface area contributed by atoms with E-state index in [-0.39, 0.29) is 5.91 Å². The number of aryl methyl sites for hydroxylation is 1. The molecule has 3 heterocycles. The van der Waals surface area contributed by atoms with Gasteiger partial charge in [0.2, 0.25) is 5.88 Å². The van der Waals surface area contributed by atoms with Crippen LogP contribution in [0.25, 0.3) is 33.4 Å². The van der Waals surface area contributed by atoms with Gasteiger partial charge in [-0.2, -0.15) is 0 Å². The van der Waals surface area contributed by atoms with Crippen LogP contribution < -0.4 is 15.8 Å². The normalized spacial score (nSPS) is 10.9. The van der Waals surface area contributed by atoms with Crippen LogP contribution in [0, 0.1) is 5.82 Å². The number of fused-ring (bicyclic) bond motifs is 1. The monoisotopic (exact) mass is 494 g/mol. The van der Waals surface area contributed by atoms with Gasteiger partial charge in [0.05, 0.1) is 11.1 Å². The standard InChI is InChI=1S/C28H23FN6O2/c1-16(2)28(36)34-20-10-7-17(8-11-20)25-23(24-26(30)32-15-33-27(24)35(25)3)18-9-12-22(31-14-18)37-21-6-4-5-19(29)13-21/h4-15H,1H2,2-3H3,(H,34,36)(H2,30,32,33). The van der Waals surface area contributed by atoms with E-state index in [4.69, 9.17) is 10.5 Å². The molecule has 1 amide bonds. The van der Waals surface area contributed by atoms with Gasteiger partial charge in [-0.1, -0.05) is 24.8 Å². The van der Waals surface area contributed by atoms with E-state index in [0.717, 1.165) is 22.4 Å². The highest BCUT2D eigenvalue weighted by atomic mass is 19.1. The summed E-state index contributed by atoms with van der Waals surface area (Å²) in [4.78, 5) is 25.1. The van der Waals surface area contributed by atoms with Crippen molar-refractivity contribution in [3.8, 4) is 34.0 Å². The number of pyridine rings is 1. The smallest absolute Gasteiger partial charge is 0.250 e. The molecule has 0 fully saturated rings. The molecule has 0 spiro atoms. The fraction of sp³-hybridized carbons (Fsp3) is 0.0714. The van der Waals surface area contributed by atoms with Crippen molar-refractivity contribution in [2.45, 2.75) is 6.92 Å². The van der Waals surface area contributed by atoms with Crippen molar-refractivity contribution in [2.75, 3.05) is 11.1 Å². The fourth-order valence-electron chi connectivity index (χ4n) is 4.08. The number of amides is 1. The van der Waals surface area contributed by atoms with E-state index >= 15 is 0 Å². The number of carbonyl (C=O) groups excluding carboxylic acids is 1. The molecule has 0 saturated carbocycles. The van der Waals surface area contributed by atoms with Gasteiger partial charge in [0, 0.05) is 47.8 Å². The highest BCUT2D eigenvalue weighted by Gasteiger charge is 2.22. The van der Waals surface area contributed by atoms with Crippen molar-refractivity contribution in [1.29, 1.82) is 0 Å². The van der Waals surface area contributed by atoms with Crippen LogP contribution in [-0.4, -0.2) is 25.4 Å². The highest BCUT2D eigenvalue weighted by Crippen LogP contribution is 2.41. The van der Waals surface area contributed by atoms with Crippen LogP contribution in [0.2, 0.25) is 0 Å². The van der Waals surface area contributed by atoms with Gasteiger partial charge >= 0.3 is 0 Å². The maximum absolute atomic E-state index is 13.5. The number of hydrogen-bond donors (Lipinski definition) is 2. The second kappa shape index (κ2) is 9.54. The molecule has 184 valence electrons. The van der Waals surface area contributed by atoms with E-state index in [0.29, 0.717) is 39.7 Å². The number of hydrogen-bond acceptors (Lipinski definition) is 6. The summed E-state index contributed by atoms with van der Waals surface area (Å²) in [7, 11) is 1.90. The zero-order valence-electron chi connectivity index (χ0n) is 20.2. The maximum Gasteiger partial charge on any atom is 0.250 e. The number of nitrogen functional groups attached to an aromatic ring is 1. The Labute approximate surface area is 212 Å². The Morgan fingerprint density at radius 2 is 1.81 bits per heavy atom. The molecular weight excluding hydrogens is 471 g/mol. The third-order valence-electron chi connectivity index (χ3n) is 5.84. The first-order valence-corrected chi connectivity index (χ1v) is 11.4. The molecule has 0 radical (unpaired) electrons. The van der Waals surface area contributed by atoms with Crippen LogP contribution in [0.4, 0.5) is 15.9 Å². The van der Waals surface area contributed by atoms with Crippen molar-refractivity contribution in [3.63, 3.8) is 0 Å². The zero-order valence-corrected chi connectivity index (χ0v) is 20.2. The Morgan fingerprint density at radius 1 is 1.05 bits per heavy atom. The van der Waals surface area contributed by atoms with Crippen LogP contribution in [0.1, 0.15) is 6.92 Å². The summed E-state index contributed by atoms with van der Waals surface area (Å²) in [5.74, 6) is 0.371. The lowest BCUT2D eigenvalue weighted by molar-refractivity contribution is -0.112. The van der Waals surface area contributed by atoms with Crippen LogP contribution in [0.5, 0.6) is 11.6 Å². The average molecular weight is 495 g/mol. The van der Waals surface area contributed by atoms with E-state index in [1.807, 2.05) is 41.9 Å². The number of nitrogens with zero attached hydrogens (tertiary/aromatic N) is 4. The van der Waals surface area contributed by atoms with E-state index in [1.54, 1.807) is 31.3 Å². The minimum absolute atomic E-state index is 0.243. The average Bonchev–Trinajstić information content (AvgIpc) is 3.18. The number of halogens is 1. The first kappa shape index (κ1) is 23.7. The predicted molar refractivity (Wildman–Crippen MR) is 142 cm³/mol.